The van der Waals surface area contributed by atoms with Crippen LogP contribution >= 0.6 is 0 Å². The molecular formula is C23H20N2O4. The molecule has 0 spiro atoms. The van der Waals surface area contributed by atoms with Gasteiger partial charge in [-0.05, 0) is 59.7 Å². The topological polar surface area (TPSA) is 72.8 Å². The van der Waals surface area contributed by atoms with Crippen LogP contribution in [0, 0.1) is 0 Å². The first kappa shape index (κ1) is 18.8. The van der Waals surface area contributed by atoms with Gasteiger partial charge in [0.15, 0.2) is 6.29 Å². The molecule has 6 nitrogen and oxygen atoms in total. The number of rotatable bonds is 9. The van der Waals surface area contributed by atoms with E-state index in [1.54, 1.807) is 0 Å². The molecule has 1 unspecified atom stereocenters. The third-order valence-corrected chi connectivity index (χ3v) is 4.33. The lowest BCUT2D eigenvalue weighted by molar-refractivity contribution is -0.109. The smallest absolute Gasteiger partial charge is 0.157 e. The average molecular weight is 388 g/mol. The van der Waals surface area contributed by atoms with Crippen LogP contribution in [0.3, 0.4) is 0 Å². The number of carbonyl (C=O) groups excluding carboxylic acids is 1. The minimum atomic E-state index is 0.0597. The van der Waals surface area contributed by atoms with Crippen LogP contribution in [0.15, 0.2) is 83.0 Å². The van der Waals surface area contributed by atoms with E-state index in [1.807, 2.05) is 72.8 Å². The Kier molecular flexibility index (Phi) is 5.92. The maximum Gasteiger partial charge on any atom is 0.157 e. The fourth-order valence-electron chi connectivity index (χ4n) is 2.67. The molecule has 0 radical (unpaired) electrons. The summed E-state index contributed by atoms with van der Waals surface area (Å²) in [5, 5.41) is 8.55. The summed E-state index contributed by atoms with van der Waals surface area (Å²) in [5.74, 6) is 1.47. The second-order valence-electron chi connectivity index (χ2n) is 6.51. The van der Waals surface area contributed by atoms with Crippen molar-refractivity contribution in [3.63, 3.8) is 0 Å². The first-order chi connectivity index (χ1) is 14.3. The Hall–Kier alpha value is -3.51. The average Bonchev–Trinajstić information content (AvgIpc) is 3.61. The molecule has 0 N–H and O–H groups in total. The van der Waals surface area contributed by atoms with Crippen molar-refractivity contribution in [1.29, 1.82) is 0 Å². The van der Waals surface area contributed by atoms with E-state index in [0.29, 0.717) is 12.4 Å². The Bertz CT molecular complexity index is 963. The molecule has 0 aromatic heterocycles. The van der Waals surface area contributed by atoms with Gasteiger partial charge in [0, 0.05) is 0 Å². The van der Waals surface area contributed by atoms with Crippen LogP contribution < -0.4 is 9.47 Å². The second kappa shape index (κ2) is 9.12. The van der Waals surface area contributed by atoms with Crippen molar-refractivity contribution in [3.05, 3.63) is 72.8 Å². The molecule has 0 aliphatic carbocycles. The van der Waals surface area contributed by atoms with Crippen molar-refractivity contribution in [2.24, 2.45) is 10.2 Å². The van der Waals surface area contributed by atoms with Gasteiger partial charge in [-0.1, -0.05) is 24.3 Å². The van der Waals surface area contributed by atoms with Crippen molar-refractivity contribution < 1.29 is 19.0 Å². The number of carbonyl (C=O) groups is 1. The highest BCUT2D eigenvalue weighted by Gasteiger charge is 2.22. The summed E-state index contributed by atoms with van der Waals surface area (Å²) < 4.78 is 16.0. The van der Waals surface area contributed by atoms with E-state index in [9.17, 15) is 4.79 Å². The molecule has 1 aliphatic heterocycles. The van der Waals surface area contributed by atoms with Gasteiger partial charge in [0.05, 0.1) is 18.0 Å². The van der Waals surface area contributed by atoms with Gasteiger partial charge in [0.25, 0.3) is 0 Å². The largest absolute Gasteiger partial charge is 0.491 e. The molecule has 1 aliphatic rings. The SMILES string of the molecule is O=CCOc1ccc(-c2ccc(/N=N/c3ccc(OCC4CO4)cc3)cc2)cc1. The number of azo groups is 1. The van der Waals surface area contributed by atoms with Crippen LogP contribution in [0.5, 0.6) is 11.5 Å². The summed E-state index contributed by atoms with van der Waals surface area (Å²) in [5.41, 5.74) is 3.65. The molecule has 1 atom stereocenters. The summed E-state index contributed by atoms with van der Waals surface area (Å²) in [4.78, 5) is 10.4. The molecule has 1 heterocycles. The highest BCUT2D eigenvalue weighted by Crippen LogP contribution is 2.26. The Morgan fingerprint density at radius 1 is 0.793 bits per heavy atom. The number of epoxide rings is 1. The van der Waals surface area contributed by atoms with Crippen molar-refractivity contribution in [1.82, 2.24) is 0 Å². The maximum atomic E-state index is 10.4. The first-order valence-corrected chi connectivity index (χ1v) is 9.33. The lowest BCUT2D eigenvalue weighted by Crippen LogP contribution is -2.03. The quantitative estimate of drug-likeness (QED) is 0.290. The molecule has 146 valence electrons. The third-order valence-electron chi connectivity index (χ3n) is 4.33. The van der Waals surface area contributed by atoms with E-state index in [0.717, 1.165) is 41.1 Å². The predicted octanol–water partition coefficient (Wildman–Crippen LogP) is 5.12. The normalized spacial score (nSPS) is 15.2. The van der Waals surface area contributed by atoms with Crippen LogP contribution in [0.25, 0.3) is 11.1 Å². The van der Waals surface area contributed by atoms with Crippen LogP contribution in [-0.2, 0) is 9.53 Å². The number of benzene rings is 3. The first-order valence-electron chi connectivity index (χ1n) is 9.33. The van der Waals surface area contributed by atoms with Crippen molar-refractivity contribution in [3.8, 4) is 22.6 Å². The molecule has 1 fully saturated rings. The fourth-order valence-corrected chi connectivity index (χ4v) is 2.67. The van der Waals surface area contributed by atoms with E-state index >= 15 is 0 Å². The molecule has 1 saturated heterocycles. The lowest BCUT2D eigenvalue weighted by Gasteiger charge is -2.05. The Balaban J connectivity index is 1.35. The molecule has 29 heavy (non-hydrogen) atoms. The van der Waals surface area contributed by atoms with Gasteiger partial charge in [0.2, 0.25) is 0 Å². The molecule has 3 aromatic rings. The van der Waals surface area contributed by atoms with Crippen molar-refractivity contribution in [2.75, 3.05) is 19.8 Å². The monoisotopic (exact) mass is 388 g/mol. The van der Waals surface area contributed by atoms with Gasteiger partial charge in [-0.2, -0.15) is 10.2 Å². The number of ether oxygens (including phenoxy) is 3. The Morgan fingerprint density at radius 2 is 1.28 bits per heavy atom. The molecular weight excluding hydrogens is 368 g/mol. The highest BCUT2D eigenvalue weighted by molar-refractivity contribution is 5.66. The Labute approximate surface area is 168 Å². The standard InChI is InChI=1S/C23H20N2O4/c26-13-14-27-21-9-3-18(4-10-21)17-1-5-19(6-2-17)24-25-20-7-11-22(12-8-20)28-15-23-16-29-23/h1-13,23H,14-16H2/b25-24+. The summed E-state index contributed by atoms with van der Waals surface area (Å²) in [6.45, 7) is 1.43. The van der Waals surface area contributed by atoms with Crippen LogP contribution in [-0.4, -0.2) is 32.2 Å². The maximum absolute atomic E-state index is 10.4. The molecule has 0 amide bonds. The van der Waals surface area contributed by atoms with Gasteiger partial charge in [-0.3, -0.25) is 4.79 Å². The summed E-state index contributed by atoms with van der Waals surface area (Å²) >= 11 is 0. The lowest BCUT2D eigenvalue weighted by atomic mass is 10.1. The summed E-state index contributed by atoms with van der Waals surface area (Å²) in [6, 6.07) is 22.9. The zero-order valence-corrected chi connectivity index (χ0v) is 15.7. The predicted molar refractivity (Wildman–Crippen MR) is 109 cm³/mol. The van der Waals surface area contributed by atoms with Crippen LogP contribution in [0.4, 0.5) is 11.4 Å². The van der Waals surface area contributed by atoms with E-state index in [2.05, 4.69) is 10.2 Å². The van der Waals surface area contributed by atoms with Crippen molar-refractivity contribution >= 4 is 17.7 Å². The Morgan fingerprint density at radius 3 is 1.83 bits per heavy atom. The van der Waals surface area contributed by atoms with E-state index in [-0.39, 0.29) is 12.7 Å². The molecule has 0 bridgehead atoms. The molecule has 6 heteroatoms. The zero-order valence-electron chi connectivity index (χ0n) is 15.7. The van der Waals surface area contributed by atoms with Gasteiger partial charge in [-0.15, -0.1) is 0 Å². The van der Waals surface area contributed by atoms with Gasteiger partial charge < -0.3 is 14.2 Å². The van der Waals surface area contributed by atoms with E-state index < -0.39 is 0 Å². The number of hydrogen-bond acceptors (Lipinski definition) is 6. The van der Waals surface area contributed by atoms with Gasteiger partial charge >= 0.3 is 0 Å². The minimum absolute atomic E-state index is 0.0597. The molecule has 3 aromatic carbocycles. The number of hydrogen-bond donors (Lipinski definition) is 0. The van der Waals surface area contributed by atoms with Crippen LogP contribution in [0.2, 0.25) is 0 Å². The summed E-state index contributed by atoms with van der Waals surface area (Å²) in [6.07, 6.45) is 0.972. The van der Waals surface area contributed by atoms with Gasteiger partial charge in [0.1, 0.15) is 30.8 Å². The molecule has 0 saturated carbocycles. The zero-order chi connectivity index (χ0) is 19.9. The van der Waals surface area contributed by atoms with Gasteiger partial charge in [-0.25, -0.2) is 0 Å². The minimum Gasteiger partial charge on any atom is -0.491 e. The van der Waals surface area contributed by atoms with E-state index in [4.69, 9.17) is 14.2 Å². The fraction of sp³-hybridized carbons (Fsp3) is 0.174. The third kappa shape index (κ3) is 5.49. The van der Waals surface area contributed by atoms with Crippen molar-refractivity contribution in [2.45, 2.75) is 6.10 Å². The second-order valence-corrected chi connectivity index (χ2v) is 6.51. The number of aldehydes is 1. The van der Waals surface area contributed by atoms with Crippen LogP contribution in [0.1, 0.15) is 0 Å². The number of nitrogens with zero attached hydrogens (tertiary/aromatic N) is 2. The van der Waals surface area contributed by atoms with E-state index in [1.165, 1.54) is 0 Å². The summed E-state index contributed by atoms with van der Waals surface area (Å²) in [7, 11) is 0. The molecule has 4 rings (SSSR count). The highest BCUT2D eigenvalue weighted by atomic mass is 16.6.